The van der Waals surface area contributed by atoms with Gasteiger partial charge in [0.05, 0.1) is 11.5 Å². The number of hydrogen-bond acceptors (Lipinski definition) is 3. The zero-order valence-electron chi connectivity index (χ0n) is 10.4. The van der Waals surface area contributed by atoms with Crippen LogP contribution in [0.4, 0.5) is 0 Å². The molecule has 1 unspecified atom stereocenters. The van der Waals surface area contributed by atoms with Crippen molar-refractivity contribution in [2.75, 3.05) is 18.1 Å². The minimum absolute atomic E-state index is 0.0564. The second-order valence-electron chi connectivity index (χ2n) is 5.30. The highest BCUT2D eigenvalue weighted by Gasteiger charge is 2.33. The van der Waals surface area contributed by atoms with Crippen LogP contribution in [-0.4, -0.2) is 43.3 Å². The minimum atomic E-state index is -2.86. The summed E-state index contributed by atoms with van der Waals surface area (Å²) >= 11 is 0. The van der Waals surface area contributed by atoms with Crippen LogP contribution in [-0.2, 0) is 14.6 Å². The fourth-order valence-electron chi connectivity index (χ4n) is 2.80. The number of sulfone groups is 1. The quantitative estimate of drug-likeness (QED) is 0.711. The van der Waals surface area contributed by atoms with Crippen molar-refractivity contribution in [1.29, 1.82) is 0 Å². The van der Waals surface area contributed by atoms with Gasteiger partial charge in [-0.05, 0) is 39.0 Å². The Kier molecular flexibility index (Phi) is 3.76. The number of nitrogens with zero attached hydrogens (tertiary/aromatic N) is 1. The number of rotatable bonds is 1. The lowest BCUT2D eigenvalue weighted by Gasteiger charge is -2.36. The van der Waals surface area contributed by atoms with Gasteiger partial charge in [-0.3, -0.25) is 4.79 Å². The molecule has 98 valence electrons. The SMILES string of the molecule is CC1CCCCN1C(=O)C1CCS(=O)(=O)CC1. The summed E-state index contributed by atoms with van der Waals surface area (Å²) in [5.74, 6) is 0.503. The van der Waals surface area contributed by atoms with Gasteiger partial charge in [0.25, 0.3) is 0 Å². The van der Waals surface area contributed by atoms with Crippen molar-refractivity contribution in [3.63, 3.8) is 0 Å². The lowest BCUT2D eigenvalue weighted by Crippen LogP contribution is -2.46. The molecule has 2 aliphatic rings. The molecule has 0 N–H and O–H groups in total. The van der Waals surface area contributed by atoms with Gasteiger partial charge in [-0.2, -0.15) is 0 Å². The van der Waals surface area contributed by atoms with E-state index in [4.69, 9.17) is 0 Å². The lowest BCUT2D eigenvalue weighted by molar-refractivity contribution is -0.139. The van der Waals surface area contributed by atoms with Crippen molar-refractivity contribution < 1.29 is 13.2 Å². The Morgan fingerprint density at radius 1 is 1.12 bits per heavy atom. The van der Waals surface area contributed by atoms with E-state index in [1.165, 1.54) is 6.42 Å². The minimum Gasteiger partial charge on any atom is -0.340 e. The third-order valence-corrected chi connectivity index (χ3v) is 5.71. The second kappa shape index (κ2) is 4.96. The van der Waals surface area contributed by atoms with E-state index in [9.17, 15) is 13.2 Å². The molecule has 0 saturated carbocycles. The van der Waals surface area contributed by atoms with Crippen molar-refractivity contribution in [3.8, 4) is 0 Å². The zero-order valence-corrected chi connectivity index (χ0v) is 11.2. The van der Waals surface area contributed by atoms with Crippen LogP contribution in [0.3, 0.4) is 0 Å². The molecule has 0 aromatic carbocycles. The van der Waals surface area contributed by atoms with Gasteiger partial charge in [-0.25, -0.2) is 8.42 Å². The first-order valence-electron chi connectivity index (χ1n) is 6.50. The maximum absolute atomic E-state index is 12.3. The number of piperidine rings is 1. The van der Waals surface area contributed by atoms with Crippen LogP contribution in [0.5, 0.6) is 0 Å². The van der Waals surface area contributed by atoms with E-state index >= 15 is 0 Å². The Morgan fingerprint density at radius 3 is 2.35 bits per heavy atom. The van der Waals surface area contributed by atoms with Crippen LogP contribution in [0.25, 0.3) is 0 Å². The summed E-state index contributed by atoms with van der Waals surface area (Å²) in [7, 11) is -2.86. The molecule has 4 nitrogen and oxygen atoms in total. The van der Waals surface area contributed by atoms with Gasteiger partial charge < -0.3 is 4.90 Å². The number of likely N-dealkylation sites (tertiary alicyclic amines) is 1. The summed E-state index contributed by atoms with van der Waals surface area (Å²) in [6, 6.07) is 0.329. The van der Waals surface area contributed by atoms with E-state index in [-0.39, 0.29) is 23.3 Å². The number of hydrogen-bond donors (Lipinski definition) is 0. The molecule has 2 aliphatic heterocycles. The predicted octanol–water partition coefficient (Wildman–Crippen LogP) is 1.21. The van der Waals surface area contributed by atoms with Crippen LogP contribution in [0, 0.1) is 5.92 Å². The molecule has 17 heavy (non-hydrogen) atoms. The van der Waals surface area contributed by atoms with Crippen LogP contribution < -0.4 is 0 Å². The Bertz CT molecular complexity index is 377. The number of amides is 1. The second-order valence-corrected chi connectivity index (χ2v) is 7.61. The lowest BCUT2D eigenvalue weighted by atomic mass is 9.97. The van der Waals surface area contributed by atoms with Gasteiger partial charge in [0.1, 0.15) is 9.84 Å². The number of carbonyl (C=O) groups is 1. The molecule has 0 aliphatic carbocycles. The third kappa shape index (κ3) is 3.00. The summed E-state index contributed by atoms with van der Waals surface area (Å²) in [5.41, 5.74) is 0. The molecule has 2 saturated heterocycles. The average Bonchev–Trinajstić information content (AvgIpc) is 2.29. The largest absolute Gasteiger partial charge is 0.340 e. The molecule has 2 heterocycles. The molecule has 1 amide bonds. The van der Waals surface area contributed by atoms with E-state index < -0.39 is 9.84 Å². The van der Waals surface area contributed by atoms with Gasteiger partial charge in [0.15, 0.2) is 0 Å². The van der Waals surface area contributed by atoms with Crippen molar-refractivity contribution in [2.45, 2.75) is 45.1 Å². The van der Waals surface area contributed by atoms with Gasteiger partial charge in [-0.15, -0.1) is 0 Å². The molecule has 1 atom stereocenters. The van der Waals surface area contributed by atoms with E-state index in [2.05, 4.69) is 6.92 Å². The normalized spacial score (nSPS) is 30.2. The zero-order chi connectivity index (χ0) is 12.5. The monoisotopic (exact) mass is 259 g/mol. The maximum atomic E-state index is 12.3. The Morgan fingerprint density at radius 2 is 1.76 bits per heavy atom. The smallest absolute Gasteiger partial charge is 0.225 e. The van der Waals surface area contributed by atoms with E-state index in [0.29, 0.717) is 18.9 Å². The molecule has 0 aromatic heterocycles. The molecular formula is C12H21NO3S. The van der Waals surface area contributed by atoms with Crippen molar-refractivity contribution in [2.24, 2.45) is 5.92 Å². The Balaban J connectivity index is 1.96. The fourth-order valence-corrected chi connectivity index (χ4v) is 4.29. The first kappa shape index (κ1) is 12.9. The van der Waals surface area contributed by atoms with Crippen molar-refractivity contribution in [3.05, 3.63) is 0 Å². The Hall–Kier alpha value is -0.580. The molecule has 2 fully saturated rings. The predicted molar refractivity (Wildman–Crippen MR) is 66.4 cm³/mol. The topological polar surface area (TPSA) is 54.5 Å². The summed E-state index contributed by atoms with van der Waals surface area (Å²) in [4.78, 5) is 14.3. The summed E-state index contributed by atoms with van der Waals surface area (Å²) in [6.45, 7) is 2.94. The molecular weight excluding hydrogens is 238 g/mol. The highest BCUT2D eigenvalue weighted by Crippen LogP contribution is 2.25. The van der Waals surface area contributed by atoms with E-state index in [1.807, 2.05) is 4.90 Å². The van der Waals surface area contributed by atoms with Crippen molar-refractivity contribution >= 4 is 15.7 Å². The standard InChI is InChI=1S/C12H21NO3S/c1-10-4-2-3-7-13(10)12(14)11-5-8-17(15,16)9-6-11/h10-11H,2-9H2,1H3. The maximum Gasteiger partial charge on any atom is 0.225 e. The highest BCUT2D eigenvalue weighted by molar-refractivity contribution is 7.91. The third-order valence-electron chi connectivity index (χ3n) is 3.99. The summed E-state index contributed by atoms with van der Waals surface area (Å²) < 4.78 is 22.7. The average molecular weight is 259 g/mol. The van der Waals surface area contributed by atoms with E-state index in [0.717, 1.165) is 19.4 Å². The van der Waals surface area contributed by atoms with Crippen LogP contribution in [0.1, 0.15) is 39.0 Å². The van der Waals surface area contributed by atoms with Crippen LogP contribution >= 0.6 is 0 Å². The van der Waals surface area contributed by atoms with Gasteiger partial charge in [-0.1, -0.05) is 0 Å². The van der Waals surface area contributed by atoms with E-state index in [1.54, 1.807) is 0 Å². The first-order valence-corrected chi connectivity index (χ1v) is 8.32. The van der Waals surface area contributed by atoms with Crippen LogP contribution in [0.15, 0.2) is 0 Å². The summed E-state index contributed by atoms with van der Waals surface area (Å²) in [5, 5.41) is 0. The molecule has 0 aromatic rings. The van der Waals surface area contributed by atoms with Crippen molar-refractivity contribution in [1.82, 2.24) is 4.90 Å². The fraction of sp³-hybridized carbons (Fsp3) is 0.917. The van der Waals surface area contributed by atoms with Gasteiger partial charge in [0, 0.05) is 18.5 Å². The number of carbonyl (C=O) groups excluding carboxylic acids is 1. The first-order chi connectivity index (χ1) is 7.99. The Labute approximate surface area is 103 Å². The summed E-state index contributed by atoms with van der Waals surface area (Å²) in [6.07, 6.45) is 4.40. The van der Waals surface area contributed by atoms with Crippen LogP contribution in [0.2, 0.25) is 0 Å². The molecule has 0 bridgehead atoms. The molecule has 0 radical (unpaired) electrons. The highest BCUT2D eigenvalue weighted by atomic mass is 32.2. The molecule has 0 spiro atoms. The molecule has 5 heteroatoms. The van der Waals surface area contributed by atoms with Gasteiger partial charge in [0.2, 0.25) is 5.91 Å². The van der Waals surface area contributed by atoms with Gasteiger partial charge >= 0.3 is 0 Å². The molecule has 2 rings (SSSR count).